The first kappa shape index (κ1) is 16.4. The topological polar surface area (TPSA) is 84.5 Å². The van der Waals surface area contributed by atoms with E-state index in [4.69, 9.17) is 5.10 Å². The van der Waals surface area contributed by atoms with E-state index in [0.717, 1.165) is 30.4 Å². The maximum atomic E-state index is 12.1. The molecule has 0 aromatic carbocycles. The molecular formula is C18H22N8O. The second-order valence-corrected chi connectivity index (χ2v) is 7.56. The summed E-state index contributed by atoms with van der Waals surface area (Å²) in [5.41, 5.74) is 1.35. The van der Waals surface area contributed by atoms with Crippen LogP contribution in [0.15, 0.2) is 29.3 Å². The van der Waals surface area contributed by atoms with Gasteiger partial charge in [0.05, 0.1) is 0 Å². The molecule has 1 saturated heterocycles. The number of anilines is 1. The first-order valence-corrected chi connectivity index (χ1v) is 9.28. The summed E-state index contributed by atoms with van der Waals surface area (Å²) in [7, 11) is 3.79. The summed E-state index contributed by atoms with van der Waals surface area (Å²) in [6.07, 6.45) is 5.71. The van der Waals surface area contributed by atoms with Crippen LogP contribution in [0.5, 0.6) is 0 Å². The molecule has 27 heavy (non-hydrogen) atoms. The molecule has 0 atom stereocenters. The molecule has 0 N–H and O–H groups in total. The van der Waals surface area contributed by atoms with E-state index in [1.807, 2.05) is 23.7 Å². The van der Waals surface area contributed by atoms with Gasteiger partial charge in [-0.25, -0.2) is 0 Å². The van der Waals surface area contributed by atoms with Crippen molar-refractivity contribution >= 4 is 11.5 Å². The summed E-state index contributed by atoms with van der Waals surface area (Å²) in [5.74, 6) is 2.44. The summed E-state index contributed by atoms with van der Waals surface area (Å²) >= 11 is 0. The van der Waals surface area contributed by atoms with Crippen LogP contribution in [0.3, 0.4) is 0 Å². The Morgan fingerprint density at radius 3 is 2.81 bits per heavy atom. The molecule has 0 radical (unpaired) electrons. The van der Waals surface area contributed by atoms with Gasteiger partial charge in [0, 0.05) is 51.0 Å². The molecule has 5 rings (SSSR count). The number of hydrogen-bond donors (Lipinski definition) is 0. The molecule has 2 fully saturated rings. The Morgan fingerprint density at radius 1 is 1.22 bits per heavy atom. The van der Waals surface area contributed by atoms with E-state index in [0.29, 0.717) is 24.2 Å². The van der Waals surface area contributed by atoms with Gasteiger partial charge in [0.15, 0.2) is 11.5 Å². The molecule has 4 heterocycles. The first-order valence-electron chi connectivity index (χ1n) is 9.28. The molecule has 0 bridgehead atoms. The molecule has 2 aliphatic rings. The predicted octanol–water partition coefficient (Wildman–Crippen LogP) is 0.416. The Hall–Kier alpha value is -2.81. The Morgan fingerprint density at radius 2 is 2.04 bits per heavy atom. The lowest BCUT2D eigenvalue weighted by atomic mass is 10.1. The SMILES string of the molecule is CN(Cc1nccn(C)c1=O)C1CN(c2ccc3nnc(C4CC4)n3n2)C1. The highest BCUT2D eigenvalue weighted by Crippen LogP contribution is 2.38. The molecule has 1 aliphatic carbocycles. The van der Waals surface area contributed by atoms with E-state index in [-0.39, 0.29) is 5.56 Å². The fourth-order valence-electron chi connectivity index (χ4n) is 3.51. The van der Waals surface area contributed by atoms with Gasteiger partial charge in [0.2, 0.25) is 0 Å². The highest BCUT2D eigenvalue weighted by Gasteiger charge is 2.33. The lowest BCUT2D eigenvalue weighted by molar-refractivity contribution is 0.193. The highest BCUT2D eigenvalue weighted by atomic mass is 16.1. The van der Waals surface area contributed by atoms with Crippen molar-refractivity contribution in [2.75, 3.05) is 25.0 Å². The van der Waals surface area contributed by atoms with Gasteiger partial charge < -0.3 is 9.47 Å². The average molecular weight is 366 g/mol. The maximum absolute atomic E-state index is 12.1. The third kappa shape index (κ3) is 2.87. The number of nitrogens with zero attached hydrogens (tertiary/aromatic N) is 8. The molecule has 1 aliphatic heterocycles. The molecule has 140 valence electrons. The molecule has 3 aromatic heterocycles. The van der Waals surface area contributed by atoms with Crippen LogP contribution in [0.25, 0.3) is 5.65 Å². The van der Waals surface area contributed by atoms with Gasteiger partial charge in [0.1, 0.15) is 11.5 Å². The van der Waals surface area contributed by atoms with Gasteiger partial charge in [0.25, 0.3) is 5.56 Å². The van der Waals surface area contributed by atoms with E-state index >= 15 is 0 Å². The lowest BCUT2D eigenvalue weighted by Crippen LogP contribution is -2.58. The minimum absolute atomic E-state index is 0.0344. The Balaban J connectivity index is 1.27. The number of aryl methyl sites for hydroxylation is 1. The summed E-state index contributed by atoms with van der Waals surface area (Å²) < 4.78 is 3.46. The van der Waals surface area contributed by atoms with Crippen LogP contribution in [0, 0.1) is 0 Å². The summed E-state index contributed by atoms with van der Waals surface area (Å²) in [4.78, 5) is 20.8. The molecule has 1 saturated carbocycles. The van der Waals surface area contributed by atoms with Gasteiger partial charge >= 0.3 is 0 Å². The van der Waals surface area contributed by atoms with Crippen molar-refractivity contribution in [3.63, 3.8) is 0 Å². The predicted molar refractivity (Wildman–Crippen MR) is 99.7 cm³/mol. The lowest BCUT2D eigenvalue weighted by Gasteiger charge is -2.44. The van der Waals surface area contributed by atoms with E-state index < -0.39 is 0 Å². The molecule has 3 aromatic rings. The smallest absolute Gasteiger partial charge is 0.273 e. The van der Waals surface area contributed by atoms with E-state index in [9.17, 15) is 4.79 Å². The zero-order valence-electron chi connectivity index (χ0n) is 15.5. The van der Waals surface area contributed by atoms with Gasteiger partial charge in [-0.15, -0.1) is 15.3 Å². The quantitative estimate of drug-likeness (QED) is 0.647. The van der Waals surface area contributed by atoms with Crippen LogP contribution in [-0.4, -0.2) is 60.4 Å². The fraction of sp³-hybridized carbons (Fsp3) is 0.500. The second kappa shape index (κ2) is 6.12. The van der Waals surface area contributed by atoms with Crippen LogP contribution in [0.2, 0.25) is 0 Å². The van der Waals surface area contributed by atoms with Crippen molar-refractivity contribution in [3.05, 3.63) is 46.4 Å². The van der Waals surface area contributed by atoms with Gasteiger partial charge in [-0.05, 0) is 32.0 Å². The van der Waals surface area contributed by atoms with Crippen molar-refractivity contribution in [1.29, 1.82) is 0 Å². The first-order chi connectivity index (χ1) is 13.1. The van der Waals surface area contributed by atoms with Crippen LogP contribution < -0.4 is 10.5 Å². The average Bonchev–Trinajstić information content (AvgIpc) is 3.37. The third-order valence-electron chi connectivity index (χ3n) is 5.51. The van der Waals surface area contributed by atoms with Crippen LogP contribution in [0.1, 0.15) is 30.3 Å². The maximum Gasteiger partial charge on any atom is 0.273 e. The van der Waals surface area contributed by atoms with E-state index in [2.05, 4.69) is 25.0 Å². The van der Waals surface area contributed by atoms with Crippen molar-refractivity contribution in [3.8, 4) is 0 Å². The van der Waals surface area contributed by atoms with Crippen molar-refractivity contribution in [2.24, 2.45) is 7.05 Å². The fourth-order valence-corrected chi connectivity index (χ4v) is 3.51. The summed E-state index contributed by atoms with van der Waals surface area (Å²) in [6, 6.07) is 4.36. The number of likely N-dealkylation sites (N-methyl/N-ethyl adjacent to an activating group) is 1. The van der Waals surface area contributed by atoms with Gasteiger partial charge in [-0.3, -0.25) is 14.7 Å². The number of hydrogen-bond acceptors (Lipinski definition) is 7. The molecule has 0 amide bonds. The zero-order chi connectivity index (χ0) is 18.5. The van der Waals surface area contributed by atoms with Gasteiger partial charge in [-0.1, -0.05) is 0 Å². The number of aromatic nitrogens is 6. The molecular weight excluding hydrogens is 344 g/mol. The molecule has 9 heteroatoms. The Kier molecular flexibility index (Phi) is 3.71. The zero-order valence-corrected chi connectivity index (χ0v) is 15.5. The van der Waals surface area contributed by atoms with Crippen molar-refractivity contribution in [1.82, 2.24) is 34.3 Å². The number of fused-ring (bicyclic) bond motifs is 1. The normalized spacial score (nSPS) is 17.7. The van der Waals surface area contributed by atoms with Crippen molar-refractivity contribution in [2.45, 2.75) is 31.3 Å². The largest absolute Gasteiger partial charge is 0.352 e. The van der Waals surface area contributed by atoms with Crippen LogP contribution in [0.4, 0.5) is 5.82 Å². The number of rotatable bonds is 5. The van der Waals surface area contributed by atoms with Crippen LogP contribution in [-0.2, 0) is 13.6 Å². The monoisotopic (exact) mass is 366 g/mol. The van der Waals surface area contributed by atoms with E-state index in [1.54, 1.807) is 24.0 Å². The standard InChI is InChI=1S/C18H22N8O/c1-23-8-7-19-14(18(23)27)11-24(2)13-9-25(10-13)16-6-5-15-20-21-17(12-3-4-12)26(15)22-16/h5-8,12-13H,3-4,9-11H2,1-2H3. The Labute approximate surface area is 156 Å². The molecule has 9 nitrogen and oxygen atoms in total. The van der Waals surface area contributed by atoms with Crippen LogP contribution >= 0.6 is 0 Å². The van der Waals surface area contributed by atoms with Gasteiger partial charge in [-0.2, -0.15) is 4.52 Å². The molecule has 0 unspecified atom stereocenters. The van der Waals surface area contributed by atoms with Crippen molar-refractivity contribution < 1.29 is 0 Å². The Bertz CT molecular complexity index is 1050. The summed E-state index contributed by atoms with van der Waals surface area (Å²) in [6.45, 7) is 2.31. The highest BCUT2D eigenvalue weighted by molar-refractivity contribution is 5.48. The minimum atomic E-state index is -0.0344. The van der Waals surface area contributed by atoms with E-state index in [1.165, 1.54) is 12.8 Å². The minimum Gasteiger partial charge on any atom is -0.352 e. The second-order valence-electron chi connectivity index (χ2n) is 7.56. The third-order valence-corrected chi connectivity index (χ3v) is 5.51. The molecule has 0 spiro atoms. The summed E-state index contributed by atoms with van der Waals surface area (Å²) in [5, 5.41) is 13.3.